The molecule has 0 heterocycles. The van der Waals surface area contributed by atoms with Gasteiger partial charge in [-0.1, -0.05) is 6.07 Å². The van der Waals surface area contributed by atoms with E-state index in [0.29, 0.717) is 0 Å². The molecule has 0 saturated heterocycles. The zero-order valence-corrected chi connectivity index (χ0v) is 18.5. The van der Waals surface area contributed by atoms with E-state index in [9.17, 15) is 19.8 Å². The summed E-state index contributed by atoms with van der Waals surface area (Å²) in [5.74, 6) is -2.66. The molecule has 1 aromatic carbocycles. The fourth-order valence-corrected chi connectivity index (χ4v) is 2.52. The fraction of sp³-hybridized carbons (Fsp3) is 0.600. The van der Waals surface area contributed by atoms with Crippen LogP contribution >= 0.6 is 0 Å². The van der Waals surface area contributed by atoms with Gasteiger partial charge in [0.05, 0.1) is 50.8 Å². The van der Waals surface area contributed by atoms with Gasteiger partial charge in [0.2, 0.25) is 0 Å². The number of hydrogen-bond acceptors (Lipinski definition) is 12. The van der Waals surface area contributed by atoms with Crippen LogP contribution in [0.25, 0.3) is 0 Å². The van der Waals surface area contributed by atoms with Gasteiger partial charge in [0.15, 0.2) is 0 Å². The first-order chi connectivity index (χ1) is 16.5. The van der Waals surface area contributed by atoms with Crippen LogP contribution < -0.4 is 0 Å². The van der Waals surface area contributed by atoms with Gasteiger partial charge in [0.25, 0.3) is 0 Å². The highest BCUT2D eigenvalue weighted by Gasteiger charge is 2.22. The van der Waals surface area contributed by atoms with E-state index in [2.05, 4.69) is 9.47 Å². The summed E-state index contributed by atoms with van der Waals surface area (Å²) in [6, 6.07) is 2.61. The average molecular weight is 494 g/mol. The maximum atomic E-state index is 11.9. The highest BCUT2D eigenvalue weighted by atomic mass is 16.7. The van der Waals surface area contributed by atoms with E-state index in [1.165, 1.54) is 12.1 Å². The topological polar surface area (TPSA) is 189 Å². The molecule has 0 unspecified atom stereocenters. The molecule has 1 rings (SSSR count). The minimum atomic E-state index is -1.35. The molecule has 0 saturated carbocycles. The van der Waals surface area contributed by atoms with Gasteiger partial charge in [0.1, 0.15) is 40.8 Å². The van der Waals surface area contributed by atoms with Crippen LogP contribution in [-0.2, 0) is 51.1 Å². The SMILES string of the molecule is O=C(O)c1ccc(COCOCOCCOCO)c(C(=O)O)c1COCOCOCCOCO. The number of carboxylic acids is 2. The van der Waals surface area contributed by atoms with Crippen molar-refractivity contribution in [3.63, 3.8) is 0 Å². The maximum absolute atomic E-state index is 11.9. The van der Waals surface area contributed by atoms with Gasteiger partial charge in [-0.05, 0) is 11.6 Å². The van der Waals surface area contributed by atoms with Crippen LogP contribution in [0.2, 0.25) is 0 Å². The first-order valence-corrected chi connectivity index (χ1v) is 9.97. The van der Waals surface area contributed by atoms with Gasteiger partial charge in [-0.3, -0.25) is 0 Å². The number of aliphatic hydroxyl groups is 2. The Balaban J connectivity index is 2.58. The Hall–Kier alpha value is -2.24. The lowest BCUT2D eigenvalue weighted by atomic mass is 9.96. The predicted molar refractivity (Wildman–Crippen MR) is 110 cm³/mol. The molecule has 0 amide bonds. The molecule has 0 aliphatic heterocycles. The summed E-state index contributed by atoms with van der Waals surface area (Å²) in [6.45, 7) is -1.30. The Morgan fingerprint density at radius 3 is 1.62 bits per heavy atom. The van der Waals surface area contributed by atoms with Crippen molar-refractivity contribution in [2.24, 2.45) is 0 Å². The monoisotopic (exact) mass is 494 g/mol. The van der Waals surface area contributed by atoms with E-state index in [-0.39, 0.29) is 89.1 Å². The van der Waals surface area contributed by atoms with E-state index in [0.717, 1.165) is 0 Å². The molecule has 194 valence electrons. The number of ether oxygens (including phenoxy) is 8. The van der Waals surface area contributed by atoms with Crippen molar-refractivity contribution >= 4 is 11.9 Å². The largest absolute Gasteiger partial charge is 0.478 e. The molecular formula is C20H30O14. The highest BCUT2D eigenvalue weighted by molar-refractivity contribution is 5.97. The van der Waals surface area contributed by atoms with Crippen molar-refractivity contribution in [3.8, 4) is 0 Å². The minimum absolute atomic E-state index is 0.0462. The lowest BCUT2D eigenvalue weighted by Gasteiger charge is -2.15. The maximum Gasteiger partial charge on any atom is 0.336 e. The Labute approximate surface area is 195 Å². The van der Waals surface area contributed by atoms with Crippen LogP contribution in [0.4, 0.5) is 0 Å². The molecular weight excluding hydrogens is 464 g/mol. The molecule has 0 fully saturated rings. The highest BCUT2D eigenvalue weighted by Crippen LogP contribution is 2.22. The molecule has 14 heteroatoms. The number of benzene rings is 1. The van der Waals surface area contributed by atoms with E-state index >= 15 is 0 Å². The second kappa shape index (κ2) is 19.1. The van der Waals surface area contributed by atoms with Crippen molar-refractivity contribution in [1.82, 2.24) is 0 Å². The Morgan fingerprint density at radius 2 is 1.12 bits per heavy atom. The summed E-state index contributed by atoms with van der Waals surface area (Å²) in [7, 11) is 0. The normalized spacial score (nSPS) is 11.1. The molecule has 14 nitrogen and oxygen atoms in total. The Morgan fingerprint density at radius 1 is 0.618 bits per heavy atom. The van der Waals surface area contributed by atoms with Crippen LogP contribution in [0.15, 0.2) is 12.1 Å². The third kappa shape index (κ3) is 12.3. The average Bonchev–Trinajstić information content (AvgIpc) is 2.81. The number of aromatic carboxylic acids is 2. The summed E-state index contributed by atoms with van der Waals surface area (Å²) in [6.07, 6.45) is 0. The molecule has 1 aromatic rings. The predicted octanol–water partition coefficient (Wildman–Crippen LogP) is -0.0546. The van der Waals surface area contributed by atoms with Crippen molar-refractivity contribution in [2.75, 3.05) is 67.2 Å². The molecule has 0 aliphatic carbocycles. The lowest BCUT2D eigenvalue weighted by molar-refractivity contribution is -0.144. The third-order valence-corrected chi connectivity index (χ3v) is 3.94. The van der Waals surface area contributed by atoms with Gasteiger partial charge >= 0.3 is 11.9 Å². The standard InChI is InChI=1S/C20H30O14/c21-9-27-3-5-29-11-33-13-31-7-15-1-2-16(19(23)24)17(18(15)20(25)26)8-32-14-34-12-30-6-4-28-10-22/h1-2,21-22H,3-14H2,(H,23,24)(H,25,26). The summed E-state index contributed by atoms with van der Waals surface area (Å²) in [5, 5.41) is 36.0. The summed E-state index contributed by atoms with van der Waals surface area (Å²) < 4.78 is 40.2. The van der Waals surface area contributed by atoms with Crippen molar-refractivity contribution in [1.29, 1.82) is 0 Å². The van der Waals surface area contributed by atoms with E-state index < -0.39 is 25.5 Å². The van der Waals surface area contributed by atoms with Crippen molar-refractivity contribution in [2.45, 2.75) is 13.2 Å². The molecule has 0 spiro atoms. The zero-order chi connectivity index (χ0) is 25.0. The molecule has 0 radical (unpaired) electrons. The van der Waals surface area contributed by atoms with Crippen LogP contribution in [0.1, 0.15) is 31.8 Å². The van der Waals surface area contributed by atoms with Gasteiger partial charge in [-0.15, -0.1) is 0 Å². The lowest BCUT2D eigenvalue weighted by Crippen LogP contribution is -2.16. The molecule has 0 aliphatic rings. The van der Waals surface area contributed by atoms with Gasteiger partial charge < -0.3 is 58.3 Å². The van der Waals surface area contributed by atoms with Gasteiger partial charge in [-0.25, -0.2) is 9.59 Å². The second-order valence-corrected chi connectivity index (χ2v) is 6.20. The minimum Gasteiger partial charge on any atom is -0.478 e. The summed E-state index contributed by atoms with van der Waals surface area (Å²) in [4.78, 5) is 23.4. The first-order valence-electron chi connectivity index (χ1n) is 9.97. The van der Waals surface area contributed by atoms with Crippen molar-refractivity contribution < 1.29 is 67.9 Å². The third-order valence-electron chi connectivity index (χ3n) is 3.94. The number of rotatable bonds is 22. The van der Waals surface area contributed by atoms with Gasteiger partial charge in [-0.2, -0.15) is 0 Å². The zero-order valence-electron chi connectivity index (χ0n) is 18.5. The number of hydrogen-bond donors (Lipinski definition) is 4. The molecule has 0 aromatic heterocycles. The summed E-state index contributed by atoms with van der Waals surface area (Å²) >= 11 is 0. The number of aliphatic hydroxyl groups excluding tert-OH is 2. The quantitative estimate of drug-likeness (QED) is 0.124. The first kappa shape index (κ1) is 29.8. The van der Waals surface area contributed by atoms with Crippen LogP contribution in [0.3, 0.4) is 0 Å². The van der Waals surface area contributed by atoms with E-state index in [4.69, 9.17) is 38.6 Å². The Bertz CT molecular complexity index is 711. The second-order valence-electron chi connectivity index (χ2n) is 6.20. The molecule has 4 N–H and O–H groups in total. The summed E-state index contributed by atoms with van der Waals surface area (Å²) in [5.41, 5.74) is -0.303. The van der Waals surface area contributed by atoms with E-state index in [1.54, 1.807) is 0 Å². The van der Waals surface area contributed by atoms with Crippen LogP contribution in [-0.4, -0.2) is 99.5 Å². The van der Waals surface area contributed by atoms with Gasteiger partial charge in [0, 0.05) is 5.56 Å². The van der Waals surface area contributed by atoms with Crippen molar-refractivity contribution in [3.05, 3.63) is 34.4 Å². The van der Waals surface area contributed by atoms with Crippen LogP contribution in [0, 0.1) is 0 Å². The number of carboxylic acid groups (broad SMARTS) is 2. The molecule has 0 bridgehead atoms. The Kier molecular flexibility index (Phi) is 16.7. The van der Waals surface area contributed by atoms with E-state index in [1.807, 2.05) is 0 Å². The fourth-order valence-electron chi connectivity index (χ4n) is 2.52. The number of carbonyl (C=O) groups is 2. The molecule has 0 atom stereocenters. The molecule has 34 heavy (non-hydrogen) atoms. The smallest absolute Gasteiger partial charge is 0.336 e. The van der Waals surface area contributed by atoms with Crippen LogP contribution in [0.5, 0.6) is 0 Å².